The van der Waals surface area contributed by atoms with Crippen LogP contribution >= 0.6 is 0 Å². The molecule has 2 unspecified atom stereocenters. The Kier molecular flexibility index (Phi) is 11.8. The molecule has 5 heterocycles. The monoisotopic (exact) mass is 854 g/mol. The van der Waals surface area contributed by atoms with Crippen LogP contribution in [0.3, 0.4) is 0 Å². The number of methoxy groups -OCH3 is 2. The van der Waals surface area contributed by atoms with Gasteiger partial charge < -0.3 is 50.3 Å². The van der Waals surface area contributed by atoms with E-state index in [1.54, 1.807) is 14.0 Å². The second-order valence-corrected chi connectivity index (χ2v) is 18.7. The highest BCUT2D eigenvalue weighted by Gasteiger charge is 2.78. The normalized spacial score (nSPS) is 32.1. The van der Waals surface area contributed by atoms with Gasteiger partial charge in [-0.3, -0.25) is 19.3 Å². The zero-order valence-corrected chi connectivity index (χ0v) is 37.5. The summed E-state index contributed by atoms with van der Waals surface area (Å²) in [4.78, 5) is 52.7. The Hall–Kier alpha value is -4.47. The minimum Gasteiger partial charge on any atom is -0.496 e. The number of anilines is 1. The molecule has 336 valence electrons. The molecule has 2 fully saturated rings. The molecule has 3 aromatic rings. The predicted molar refractivity (Wildman–Crippen MR) is 237 cm³/mol. The molecule has 5 aliphatic rings. The fourth-order valence-corrected chi connectivity index (χ4v) is 12.9. The summed E-state index contributed by atoms with van der Waals surface area (Å²) in [5.41, 5.74) is 5.31. The lowest BCUT2D eigenvalue weighted by Gasteiger charge is -2.63. The van der Waals surface area contributed by atoms with Crippen LogP contribution in [0.15, 0.2) is 48.6 Å². The Morgan fingerprint density at radius 2 is 1.85 bits per heavy atom. The van der Waals surface area contributed by atoms with Crippen LogP contribution in [0, 0.1) is 11.3 Å². The number of nitrogens with two attached hydrogens (primary N) is 1. The molecule has 9 atom stereocenters. The topological polar surface area (TPSA) is 183 Å². The van der Waals surface area contributed by atoms with Crippen molar-refractivity contribution >= 4 is 34.4 Å². The van der Waals surface area contributed by atoms with Gasteiger partial charge in [0.1, 0.15) is 23.3 Å². The number of ether oxygens (including phenoxy) is 3. The zero-order valence-electron chi connectivity index (χ0n) is 37.5. The number of carbonyl (C=O) groups excluding carboxylic acids is 3. The summed E-state index contributed by atoms with van der Waals surface area (Å²) < 4.78 is 17.6. The number of amides is 1. The fraction of sp³-hybridized carbons (Fsp3) is 0.604. The average Bonchev–Trinajstić information content (AvgIpc) is 3.93. The van der Waals surface area contributed by atoms with E-state index in [0.29, 0.717) is 50.1 Å². The first-order chi connectivity index (χ1) is 29.7. The van der Waals surface area contributed by atoms with Gasteiger partial charge in [0.15, 0.2) is 5.60 Å². The lowest BCUT2D eigenvalue weighted by molar-refractivity contribution is -0.203. The number of nitrogens with zero attached hydrogens (tertiary/aromatic N) is 3. The van der Waals surface area contributed by atoms with E-state index in [9.17, 15) is 19.8 Å². The number of carbonyl (C=O) groups is 3. The van der Waals surface area contributed by atoms with Crippen LogP contribution < -0.4 is 20.7 Å². The van der Waals surface area contributed by atoms with Gasteiger partial charge in [-0.25, -0.2) is 0 Å². The van der Waals surface area contributed by atoms with Gasteiger partial charge in [-0.2, -0.15) is 0 Å². The van der Waals surface area contributed by atoms with Crippen LogP contribution in [0.1, 0.15) is 81.7 Å². The highest BCUT2D eigenvalue weighted by atomic mass is 16.5. The maximum Gasteiger partial charge on any atom is 0.322 e. The van der Waals surface area contributed by atoms with Gasteiger partial charge in [0.05, 0.1) is 26.9 Å². The first kappa shape index (κ1) is 44.1. The van der Waals surface area contributed by atoms with Crippen LogP contribution in [0.2, 0.25) is 0 Å². The first-order valence-corrected chi connectivity index (χ1v) is 22.6. The summed E-state index contributed by atoms with van der Waals surface area (Å²) in [6.07, 6.45) is 6.97. The Morgan fingerprint density at radius 1 is 1.08 bits per heavy atom. The summed E-state index contributed by atoms with van der Waals surface area (Å²) in [6, 6.07) is 10.4. The van der Waals surface area contributed by atoms with Crippen molar-refractivity contribution in [3.05, 3.63) is 70.9 Å². The van der Waals surface area contributed by atoms with Crippen molar-refractivity contribution < 1.29 is 38.8 Å². The van der Waals surface area contributed by atoms with Crippen molar-refractivity contribution in [2.45, 2.75) is 106 Å². The summed E-state index contributed by atoms with van der Waals surface area (Å²) in [6.45, 7) is 8.83. The Morgan fingerprint density at radius 3 is 2.56 bits per heavy atom. The van der Waals surface area contributed by atoms with Gasteiger partial charge >= 0.3 is 11.9 Å². The van der Waals surface area contributed by atoms with E-state index in [4.69, 9.17) is 19.9 Å². The van der Waals surface area contributed by atoms with Crippen LogP contribution in [0.4, 0.5) is 5.69 Å². The Balaban J connectivity index is 1.35. The molecule has 1 amide bonds. The number of likely N-dealkylation sites (N-methyl/N-ethyl adjacent to an activating group) is 2. The number of rotatable bonds is 12. The van der Waals surface area contributed by atoms with E-state index < -0.39 is 51.9 Å². The third kappa shape index (κ3) is 6.33. The van der Waals surface area contributed by atoms with E-state index in [1.807, 2.05) is 43.1 Å². The number of H-pyrrole nitrogens is 1. The molecule has 1 aliphatic carbocycles. The van der Waals surface area contributed by atoms with Crippen LogP contribution in [0.25, 0.3) is 10.9 Å². The second kappa shape index (κ2) is 16.6. The molecule has 0 bridgehead atoms. The summed E-state index contributed by atoms with van der Waals surface area (Å²) in [5, 5.41) is 30.1. The quantitative estimate of drug-likeness (QED) is 0.102. The summed E-state index contributed by atoms with van der Waals surface area (Å²) >= 11 is 0. The molecule has 1 saturated heterocycles. The van der Waals surface area contributed by atoms with E-state index >= 15 is 4.79 Å². The highest BCUT2D eigenvalue weighted by molar-refractivity contribution is 5.95. The summed E-state index contributed by atoms with van der Waals surface area (Å²) in [5.74, 6) is -0.998. The van der Waals surface area contributed by atoms with Crippen molar-refractivity contribution in [3.8, 4) is 5.75 Å². The van der Waals surface area contributed by atoms with Gasteiger partial charge in [-0.15, -0.1) is 0 Å². The van der Waals surface area contributed by atoms with Crippen molar-refractivity contribution in [1.29, 1.82) is 0 Å². The molecule has 4 aliphatic heterocycles. The number of nitrogens with one attached hydrogen (secondary N) is 2. The smallest absolute Gasteiger partial charge is 0.322 e. The number of benzene rings is 2. The molecule has 1 spiro atoms. The third-order valence-corrected chi connectivity index (χ3v) is 15.4. The van der Waals surface area contributed by atoms with E-state index in [2.05, 4.69) is 58.3 Å². The third-order valence-electron chi connectivity index (χ3n) is 15.4. The number of hydrogen-bond donors (Lipinski definition) is 5. The van der Waals surface area contributed by atoms with Gasteiger partial charge in [0.25, 0.3) is 5.91 Å². The standard InChI is InChI=1S/C48H66N6O8/c1-8-14-30-27-47(44(58)61-7,38-32(17-22-52(4)28-30)31-15-10-11-16-35(31)51-38)34-25-33-36(26-37(34)60-6)53(5)41-46(33)19-23-54-21-12-18-45(9-2,40(46)54)42(56)48(41,59)43(57)50-20-13-24-62-39(55)29(3)49/h10-12,15-16,18,25-26,29-30,40-42,51,56,59H,8-9,13-14,17,19-24,27-28,49H2,1-7H3,(H,50,57)/t29-,30+,40?,41?,42+,45+,46+,47-,48-/m0/s1. The number of aromatic nitrogens is 1. The maximum absolute atomic E-state index is 15.3. The lowest BCUT2D eigenvalue weighted by Crippen LogP contribution is -2.81. The second-order valence-electron chi connectivity index (χ2n) is 18.7. The molecule has 14 nitrogen and oxygen atoms in total. The SMILES string of the molecule is CCC[C@H]1CN(C)CCc2c([nH]c3ccccc23)[C@@](C(=O)OC)(c2cc3c(cc2OC)N(C)C2[C@]34CCN3CC=C[C@](CC)(C34)[C@@H](O)[C@]2(O)C(=O)NCCCOC(=O)[C@H](C)N)C1. The minimum atomic E-state index is -2.30. The molecule has 6 N–H and O–H groups in total. The molecular weight excluding hydrogens is 789 g/mol. The fourth-order valence-electron chi connectivity index (χ4n) is 12.9. The number of fused-ring (bicyclic) bond motifs is 4. The number of aromatic amines is 1. The van der Waals surface area contributed by atoms with Gasteiger partial charge in [0, 0.05) is 84.0 Å². The van der Waals surface area contributed by atoms with Gasteiger partial charge in [0.2, 0.25) is 0 Å². The zero-order chi connectivity index (χ0) is 44.4. The minimum absolute atomic E-state index is 0.0387. The van der Waals surface area contributed by atoms with Crippen molar-refractivity contribution in [2.24, 2.45) is 17.1 Å². The number of aliphatic hydroxyl groups excluding tert-OH is 1. The molecular formula is C48H66N6O8. The predicted octanol–water partition coefficient (Wildman–Crippen LogP) is 3.53. The van der Waals surface area contributed by atoms with Crippen LogP contribution in [-0.4, -0.2) is 140 Å². The largest absolute Gasteiger partial charge is 0.496 e. The Labute approximate surface area is 365 Å². The number of aliphatic hydroxyl groups is 2. The van der Waals surface area contributed by atoms with Crippen molar-refractivity contribution in [2.75, 3.05) is 72.5 Å². The lowest BCUT2D eigenvalue weighted by atomic mass is 9.47. The van der Waals surface area contributed by atoms with Crippen LogP contribution in [-0.2, 0) is 41.1 Å². The highest BCUT2D eigenvalue weighted by Crippen LogP contribution is 2.67. The number of esters is 2. The van der Waals surface area contributed by atoms with E-state index in [-0.39, 0.29) is 37.5 Å². The first-order valence-electron chi connectivity index (χ1n) is 22.6. The number of para-hydroxylation sites is 1. The van der Waals surface area contributed by atoms with Crippen LogP contribution in [0.5, 0.6) is 5.75 Å². The molecule has 1 aromatic heterocycles. The van der Waals surface area contributed by atoms with E-state index in [0.717, 1.165) is 59.3 Å². The summed E-state index contributed by atoms with van der Waals surface area (Å²) in [7, 11) is 7.13. The molecule has 1 saturated carbocycles. The molecule has 2 aromatic carbocycles. The average molecular weight is 855 g/mol. The molecule has 0 radical (unpaired) electrons. The Bertz CT molecular complexity index is 2240. The molecule has 14 heteroatoms. The van der Waals surface area contributed by atoms with E-state index in [1.165, 1.54) is 7.11 Å². The molecule has 8 rings (SSSR count). The van der Waals surface area contributed by atoms with Crippen molar-refractivity contribution in [1.82, 2.24) is 20.1 Å². The van der Waals surface area contributed by atoms with Crippen molar-refractivity contribution in [3.63, 3.8) is 0 Å². The van der Waals surface area contributed by atoms with Gasteiger partial charge in [-0.1, -0.05) is 50.6 Å². The maximum atomic E-state index is 15.3. The number of hydrogen-bond acceptors (Lipinski definition) is 12. The molecule has 62 heavy (non-hydrogen) atoms. The van der Waals surface area contributed by atoms with Gasteiger partial charge in [-0.05, 0) is 88.2 Å².